The van der Waals surface area contributed by atoms with E-state index >= 15 is 0 Å². The molecule has 1 saturated heterocycles. The molecule has 1 aromatic carbocycles. The number of guanidine groups is 1. The van der Waals surface area contributed by atoms with Crippen molar-refractivity contribution in [3.63, 3.8) is 0 Å². The summed E-state index contributed by atoms with van der Waals surface area (Å²) in [5, 5.41) is 6.49. The summed E-state index contributed by atoms with van der Waals surface area (Å²) in [6, 6.07) is 7.60. The molecular weight excluding hydrogens is 380 g/mol. The van der Waals surface area contributed by atoms with Gasteiger partial charge in [-0.15, -0.1) is 0 Å². The second-order valence-corrected chi connectivity index (χ2v) is 8.41. The van der Waals surface area contributed by atoms with E-state index in [2.05, 4.69) is 15.6 Å². The van der Waals surface area contributed by atoms with E-state index < -0.39 is 10.0 Å². The molecule has 9 heteroatoms. The Morgan fingerprint density at radius 2 is 1.93 bits per heavy atom. The Kier molecular flexibility index (Phi) is 9.69. The highest BCUT2D eigenvalue weighted by molar-refractivity contribution is 7.88. The topological polar surface area (TPSA) is 92.3 Å². The molecule has 0 aromatic heterocycles. The number of nitrogens with one attached hydrogen (secondary N) is 2. The Labute approximate surface area is 168 Å². The Balaban J connectivity index is 1.92. The summed E-state index contributed by atoms with van der Waals surface area (Å²) < 4.78 is 37.6. The fraction of sp³-hybridized carbons (Fsp3) is 0.632. The van der Waals surface area contributed by atoms with E-state index in [0.717, 1.165) is 30.7 Å². The lowest BCUT2D eigenvalue weighted by Crippen LogP contribution is -2.41. The van der Waals surface area contributed by atoms with Crippen molar-refractivity contribution in [2.75, 3.05) is 53.1 Å². The van der Waals surface area contributed by atoms with Gasteiger partial charge in [0.05, 0.1) is 19.0 Å². The van der Waals surface area contributed by atoms with Crippen molar-refractivity contribution in [1.82, 2.24) is 14.9 Å². The standard InChI is InChI=1S/C19H32N4O4S/c1-3-26-12-6-9-21-19(20-2)22-15-17-7-4-5-8-18(17)16-28(24,25)23-10-13-27-14-11-23/h4-5,7-8H,3,6,9-16H2,1-2H3,(H2,20,21,22). The average molecular weight is 413 g/mol. The van der Waals surface area contributed by atoms with Gasteiger partial charge in [-0.25, -0.2) is 8.42 Å². The van der Waals surface area contributed by atoms with Crippen LogP contribution in [-0.2, 0) is 31.8 Å². The first-order valence-corrected chi connectivity index (χ1v) is 11.3. The van der Waals surface area contributed by atoms with Gasteiger partial charge < -0.3 is 20.1 Å². The molecular formula is C19H32N4O4S. The second-order valence-electron chi connectivity index (χ2n) is 6.44. The van der Waals surface area contributed by atoms with Gasteiger partial charge in [-0.3, -0.25) is 4.99 Å². The van der Waals surface area contributed by atoms with Crippen molar-refractivity contribution in [1.29, 1.82) is 0 Å². The molecule has 2 rings (SSSR count). The summed E-state index contributed by atoms with van der Waals surface area (Å²) in [5.74, 6) is 0.674. The normalized spacial score (nSPS) is 16.1. The number of ether oxygens (including phenoxy) is 2. The van der Waals surface area contributed by atoms with Gasteiger partial charge in [0.25, 0.3) is 0 Å². The van der Waals surface area contributed by atoms with Crippen molar-refractivity contribution in [2.24, 2.45) is 4.99 Å². The lowest BCUT2D eigenvalue weighted by Gasteiger charge is -2.26. The van der Waals surface area contributed by atoms with Crippen LogP contribution in [0.2, 0.25) is 0 Å². The summed E-state index contributed by atoms with van der Waals surface area (Å²) in [6.07, 6.45) is 0.892. The van der Waals surface area contributed by atoms with Gasteiger partial charge in [0.2, 0.25) is 10.0 Å². The third kappa shape index (κ3) is 7.38. The predicted molar refractivity (Wildman–Crippen MR) is 111 cm³/mol. The molecule has 158 valence electrons. The van der Waals surface area contributed by atoms with Crippen LogP contribution in [0.3, 0.4) is 0 Å². The monoisotopic (exact) mass is 412 g/mol. The smallest absolute Gasteiger partial charge is 0.218 e. The molecule has 1 aliphatic heterocycles. The summed E-state index contributed by atoms with van der Waals surface area (Å²) in [7, 11) is -1.65. The van der Waals surface area contributed by atoms with Gasteiger partial charge in [-0.2, -0.15) is 4.31 Å². The molecule has 0 amide bonds. The molecule has 0 bridgehead atoms. The quantitative estimate of drug-likeness (QED) is 0.338. The number of sulfonamides is 1. The van der Waals surface area contributed by atoms with Crippen LogP contribution < -0.4 is 10.6 Å². The highest BCUT2D eigenvalue weighted by Crippen LogP contribution is 2.16. The number of benzene rings is 1. The molecule has 0 unspecified atom stereocenters. The minimum atomic E-state index is -3.36. The van der Waals surface area contributed by atoms with Gasteiger partial charge in [0.1, 0.15) is 0 Å². The number of hydrogen-bond acceptors (Lipinski definition) is 5. The SMILES string of the molecule is CCOCCCNC(=NC)NCc1ccccc1CS(=O)(=O)N1CCOCC1. The van der Waals surface area contributed by atoms with Crippen LogP contribution in [0.25, 0.3) is 0 Å². The second kappa shape index (κ2) is 12.0. The summed E-state index contributed by atoms with van der Waals surface area (Å²) in [6.45, 7) is 6.40. The summed E-state index contributed by atoms with van der Waals surface area (Å²) in [4.78, 5) is 4.21. The third-order valence-corrected chi connectivity index (χ3v) is 6.28. The van der Waals surface area contributed by atoms with Crippen LogP contribution in [0.15, 0.2) is 29.3 Å². The molecule has 0 saturated carbocycles. The Morgan fingerprint density at radius 1 is 1.21 bits per heavy atom. The fourth-order valence-corrected chi connectivity index (χ4v) is 4.47. The third-order valence-electron chi connectivity index (χ3n) is 4.45. The minimum absolute atomic E-state index is 0.00869. The van der Waals surface area contributed by atoms with Crippen LogP contribution in [0.5, 0.6) is 0 Å². The van der Waals surface area contributed by atoms with E-state index in [9.17, 15) is 8.42 Å². The molecule has 2 N–H and O–H groups in total. The number of morpholine rings is 1. The highest BCUT2D eigenvalue weighted by Gasteiger charge is 2.25. The first kappa shape index (κ1) is 22.6. The van der Waals surface area contributed by atoms with Crippen LogP contribution >= 0.6 is 0 Å². The maximum Gasteiger partial charge on any atom is 0.218 e. The van der Waals surface area contributed by atoms with Gasteiger partial charge in [0, 0.05) is 46.4 Å². The lowest BCUT2D eigenvalue weighted by molar-refractivity contribution is 0.0729. The minimum Gasteiger partial charge on any atom is -0.382 e. The lowest BCUT2D eigenvalue weighted by atomic mass is 10.1. The fourth-order valence-electron chi connectivity index (χ4n) is 2.91. The van der Waals surface area contributed by atoms with Crippen LogP contribution in [0.4, 0.5) is 0 Å². The van der Waals surface area contributed by atoms with Gasteiger partial charge >= 0.3 is 0 Å². The Morgan fingerprint density at radius 3 is 2.61 bits per heavy atom. The van der Waals surface area contributed by atoms with E-state index in [4.69, 9.17) is 9.47 Å². The van der Waals surface area contributed by atoms with Gasteiger partial charge in [0.15, 0.2) is 5.96 Å². The molecule has 0 spiro atoms. The largest absolute Gasteiger partial charge is 0.382 e. The Bertz CT molecular complexity index is 718. The predicted octanol–water partition coefficient (Wildman–Crippen LogP) is 0.940. The molecule has 1 fully saturated rings. The summed E-state index contributed by atoms with van der Waals surface area (Å²) in [5.41, 5.74) is 1.74. The molecule has 1 aliphatic rings. The Hall–Kier alpha value is -1.68. The number of nitrogens with zero attached hydrogens (tertiary/aromatic N) is 2. The number of rotatable bonds is 10. The van der Waals surface area contributed by atoms with Crippen LogP contribution in [-0.4, -0.2) is 71.8 Å². The zero-order chi connectivity index (χ0) is 20.2. The van der Waals surface area contributed by atoms with E-state index in [1.165, 1.54) is 4.31 Å². The molecule has 1 heterocycles. The zero-order valence-electron chi connectivity index (χ0n) is 16.8. The number of aliphatic imine (C=N–C) groups is 1. The van der Waals surface area contributed by atoms with Crippen molar-refractivity contribution in [2.45, 2.75) is 25.6 Å². The van der Waals surface area contributed by atoms with Crippen molar-refractivity contribution in [3.05, 3.63) is 35.4 Å². The van der Waals surface area contributed by atoms with Crippen LogP contribution in [0, 0.1) is 0 Å². The van der Waals surface area contributed by atoms with Crippen molar-refractivity contribution >= 4 is 16.0 Å². The van der Waals surface area contributed by atoms with E-state index in [-0.39, 0.29) is 5.75 Å². The van der Waals surface area contributed by atoms with Gasteiger partial charge in [-0.1, -0.05) is 24.3 Å². The van der Waals surface area contributed by atoms with Gasteiger partial charge in [-0.05, 0) is 24.5 Å². The van der Waals surface area contributed by atoms with Crippen molar-refractivity contribution < 1.29 is 17.9 Å². The number of hydrogen-bond donors (Lipinski definition) is 2. The van der Waals surface area contributed by atoms with Crippen molar-refractivity contribution in [3.8, 4) is 0 Å². The molecule has 0 atom stereocenters. The maximum atomic E-state index is 12.7. The van der Waals surface area contributed by atoms with E-state index in [1.54, 1.807) is 7.05 Å². The molecule has 0 aliphatic carbocycles. The molecule has 1 aromatic rings. The average Bonchev–Trinajstić information content (AvgIpc) is 2.71. The molecule has 28 heavy (non-hydrogen) atoms. The van der Waals surface area contributed by atoms with Crippen LogP contribution in [0.1, 0.15) is 24.5 Å². The summed E-state index contributed by atoms with van der Waals surface area (Å²) >= 11 is 0. The van der Waals surface area contributed by atoms with E-state index in [1.807, 2.05) is 31.2 Å². The first-order valence-electron chi connectivity index (χ1n) is 9.71. The van der Waals surface area contributed by atoms with E-state index in [0.29, 0.717) is 45.4 Å². The first-order chi connectivity index (χ1) is 13.6. The maximum absolute atomic E-state index is 12.7. The molecule has 8 nitrogen and oxygen atoms in total. The zero-order valence-corrected chi connectivity index (χ0v) is 17.6. The molecule has 0 radical (unpaired) electrons. The highest BCUT2D eigenvalue weighted by atomic mass is 32.2.